The number of nitrogens with one attached hydrogen (secondary N) is 1. The minimum atomic E-state index is 0.0384. The predicted molar refractivity (Wildman–Crippen MR) is 116 cm³/mol. The Morgan fingerprint density at radius 1 is 1.13 bits per heavy atom. The lowest BCUT2D eigenvalue weighted by Gasteiger charge is -2.05. The Morgan fingerprint density at radius 2 is 1.90 bits per heavy atom. The largest absolute Gasteiger partial charge is 0.497 e. The number of nitrogens with zero attached hydrogens (tertiary/aromatic N) is 3. The maximum atomic E-state index is 12.8. The molecule has 2 aromatic carbocycles. The number of hydrogen-bond donors (Lipinski definition) is 1. The zero-order valence-electron chi connectivity index (χ0n) is 17.1. The number of benzene rings is 2. The average Bonchev–Trinajstić information content (AvgIpc) is 2.93. The summed E-state index contributed by atoms with van der Waals surface area (Å²) in [5.41, 5.74) is 1.66. The van der Waals surface area contributed by atoms with Crippen LogP contribution in [-0.4, -0.2) is 22.7 Å². The number of aromatic nitrogens is 3. The zero-order chi connectivity index (χ0) is 20.9. The molecule has 1 aliphatic rings. The van der Waals surface area contributed by atoms with Crippen molar-refractivity contribution < 1.29 is 14.1 Å². The fraction of sp³-hybridized carbons (Fsp3) is 0.348. The Labute approximate surface area is 181 Å². The molecule has 0 aliphatic carbocycles. The van der Waals surface area contributed by atoms with E-state index in [-0.39, 0.29) is 12.3 Å². The summed E-state index contributed by atoms with van der Waals surface area (Å²) in [5.74, 6) is 2.94. The molecule has 0 amide bonds. The maximum absolute atomic E-state index is 12.8. The van der Waals surface area contributed by atoms with Gasteiger partial charge in [-0.3, -0.25) is 4.79 Å². The fourth-order valence-corrected chi connectivity index (χ4v) is 3.93. The number of Topliss-reactive ketones (excluding diaryl/α,β-unsaturated/α-hetero) is 1. The Morgan fingerprint density at radius 3 is 2.63 bits per heavy atom. The standard InChI is InChI=1S/C23H26ClN4O2/c1-30-20-12-10-19(11-13-20)25-15-22-26-28(23-5-3-2-4-14-27(22)23)16-21(29)17-6-8-18(24)9-7-17/h6-13,25H,2-5,14-16H2,1H3/q+1. The summed E-state index contributed by atoms with van der Waals surface area (Å²) in [5, 5.41) is 8.87. The minimum Gasteiger partial charge on any atom is -0.497 e. The summed E-state index contributed by atoms with van der Waals surface area (Å²) in [6, 6.07) is 14.9. The van der Waals surface area contributed by atoms with Crippen LogP contribution in [0, 0.1) is 0 Å². The summed E-state index contributed by atoms with van der Waals surface area (Å²) < 4.78 is 9.38. The highest BCUT2D eigenvalue weighted by molar-refractivity contribution is 6.30. The number of hydrogen-bond acceptors (Lipinski definition) is 4. The molecular weight excluding hydrogens is 400 g/mol. The number of carbonyl (C=O) groups excluding carboxylic acids is 1. The molecule has 0 spiro atoms. The monoisotopic (exact) mass is 425 g/mol. The Bertz CT molecular complexity index is 1010. The number of carbonyl (C=O) groups is 1. The zero-order valence-corrected chi connectivity index (χ0v) is 17.9. The van der Waals surface area contributed by atoms with Crippen LogP contribution in [0.15, 0.2) is 48.5 Å². The van der Waals surface area contributed by atoms with Crippen LogP contribution in [0.3, 0.4) is 0 Å². The van der Waals surface area contributed by atoms with Crippen molar-refractivity contribution in [2.75, 3.05) is 12.4 Å². The second kappa shape index (κ2) is 9.30. The van der Waals surface area contributed by atoms with E-state index in [1.54, 1.807) is 31.4 Å². The number of fused-ring (bicyclic) bond motifs is 1. The van der Waals surface area contributed by atoms with E-state index in [1.165, 1.54) is 6.42 Å². The third-order valence-corrected chi connectivity index (χ3v) is 5.69. The van der Waals surface area contributed by atoms with Crippen molar-refractivity contribution in [2.24, 2.45) is 0 Å². The van der Waals surface area contributed by atoms with E-state index < -0.39 is 0 Å². The van der Waals surface area contributed by atoms with Crippen LogP contribution < -0.4 is 14.6 Å². The van der Waals surface area contributed by atoms with Gasteiger partial charge in [0, 0.05) is 27.8 Å². The molecule has 0 saturated heterocycles. The highest BCUT2D eigenvalue weighted by Crippen LogP contribution is 2.17. The molecule has 7 heteroatoms. The molecule has 30 heavy (non-hydrogen) atoms. The van der Waals surface area contributed by atoms with Gasteiger partial charge in [0.25, 0.3) is 5.82 Å². The van der Waals surface area contributed by atoms with Crippen molar-refractivity contribution >= 4 is 23.1 Å². The topological polar surface area (TPSA) is 60.0 Å². The minimum absolute atomic E-state index is 0.0384. The number of halogens is 1. The number of ketones is 1. The molecule has 1 N–H and O–H groups in total. The Balaban J connectivity index is 1.54. The van der Waals surface area contributed by atoms with Crippen LogP contribution in [0.25, 0.3) is 0 Å². The van der Waals surface area contributed by atoms with Gasteiger partial charge >= 0.3 is 0 Å². The summed E-state index contributed by atoms with van der Waals surface area (Å²) in [4.78, 5) is 12.8. The summed E-state index contributed by atoms with van der Waals surface area (Å²) >= 11 is 5.95. The summed E-state index contributed by atoms with van der Waals surface area (Å²) in [6.45, 7) is 1.77. The van der Waals surface area contributed by atoms with Gasteiger partial charge in [0.15, 0.2) is 12.3 Å². The van der Waals surface area contributed by atoms with Crippen LogP contribution >= 0.6 is 11.6 Å². The van der Waals surface area contributed by atoms with Crippen LogP contribution in [0.5, 0.6) is 5.75 Å². The van der Waals surface area contributed by atoms with Crippen molar-refractivity contribution in [3.8, 4) is 5.75 Å². The van der Waals surface area contributed by atoms with Crippen molar-refractivity contribution in [2.45, 2.75) is 45.3 Å². The SMILES string of the molecule is COc1ccc(NCc2nn(CC(=O)c3ccc(Cl)cc3)c3[n+]2CCCCC3)cc1. The normalized spacial score (nSPS) is 13.4. The second-order valence-electron chi connectivity index (χ2n) is 7.46. The second-order valence-corrected chi connectivity index (χ2v) is 7.90. The van der Waals surface area contributed by atoms with Gasteiger partial charge in [-0.2, -0.15) is 0 Å². The lowest BCUT2D eigenvalue weighted by molar-refractivity contribution is -0.710. The number of ether oxygens (including phenoxy) is 1. The molecule has 0 fully saturated rings. The molecule has 0 saturated carbocycles. The van der Waals surface area contributed by atoms with Crippen molar-refractivity contribution in [3.05, 3.63) is 70.8 Å². The first-order valence-corrected chi connectivity index (χ1v) is 10.7. The van der Waals surface area contributed by atoms with Crippen LogP contribution in [0.4, 0.5) is 5.69 Å². The van der Waals surface area contributed by atoms with Gasteiger partial charge in [-0.15, -0.1) is 4.68 Å². The fourth-order valence-electron chi connectivity index (χ4n) is 3.80. The van der Waals surface area contributed by atoms with Gasteiger partial charge in [0.1, 0.15) is 12.3 Å². The molecule has 0 atom stereocenters. The van der Waals surface area contributed by atoms with E-state index in [0.29, 0.717) is 17.1 Å². The van der Waals surface area contributed by atoms with Gasteiger partial charge in [-0.25, -0.2) is 4.57 Å². The van der Waals surface area contributed by atoms with Crippen LogP contribution in [0.1, 0.15) is 41.3 Å². The molecule has 0 bridgehead atoms. The van der Waals surface area contributed by atoms with Gasteiger partial charge in [0.05, 0.1) is 13.7 Å². The van der Waals surface area contributed by atoms with Gasteiger partial charge in [0.2, 0.25) is 5.82 Å². The molecule has 1 aromatic heterocycles. The molecule has 1 aliphatic heterocycles. The lowest BCUT2D eigenvalue weighted by atomic mass is 10.1. The van der Waals surface area contributed by atoms with E-state index in [2.05, 4.69) is 9.88 Å². The summed E-state index contributed by atoms with van der Waals surface area (Å²) in [6.07, 6.45) is 4.37. The van der Waals surface area contributed by atoms with E-state index in [0.717, 1.165) is 48.9 Å². The first-order valence-electron chi connectivity index (χ1n) is 10.3. The number of methoxy groups -OCH3 is 1. The van der Waals surface area contributed by atoms with Gasteiger partial charge in [-0.1, -0.05) is 11.6 Å². The molecule has 0 radical (unpaired) electrons. The van der Waals surface area contributed by atoms with E-state index in [9.17, 15) is 4.79 Å². The van der Waals surface area contributed by atoms with Crippen LogP contribution in [0.2, 0.25) is 5.02 Å². The van der Waals surface area contributed by atoms with E-state index in [1.807, 2.05) is 28.9 Å². The predicted octanol–water partition coefficient (Wildman–Crippen LogP) is 4.05. The van der Waals surface area contributed by atoms with Crippen molar-refractivity contribution in [1.82, 2.24) is 9.78 Å². The summed E-state index contributed by atoms with van der Waals surface area (Å²) in [7, 11) is 1.66. The molecule has 6 nitrogen and oxygen atoms in total. The van der Waals surface area contributed by atoms with Gasteiger partial charge in [-0.05, 0) is 67.8 Å². The first kappa shape index (κ1) is 20.4. The number of anilines is 1. The average molecular weight is 426 g/mol. The Kier molecular flexibility index (Phi) is 6.33. The third-order valence-electron chi connectivity index (χ3n) is 5.44. The molecular formula is C23H26ClN4O2+. The van der Waals surface area contributed by atoms with Crippen LogP contribution in [-0.2, 0) is 26.1 Å². The number of rotatable bonds is 7. The van der Waals surface area contributed by atoms with Crippen molar-refractivity contribution in [3.63, 3.8) is 0 Å². The maximum Gasteiger partial charge on any atom is 0.296 e. The molecule has 156 valence electrons. The first-order chi connectivity index (χ1) is 14.6. The lowest BCUT2D eigenvalue weighted by Crippen LogP contribution is -2.41. The van der Waals surface area contributed by atoms with Crippen molar-refractivity contribution in [1.29, 1.82) is 0 Å². The quantitative estimate of drug-likeness (QED) is 0.458. The van der Waals surface area contributed by atoms with E-state index in [4.69, 9.17) is 21.4 Å². The van der Waals surface area contributed by atoms with Gasteiger partial charge < -0.3 is 10.1 Å². The molecule has 0 unspecified atom stereocenters. The molecule has 3 aromatic rings. The highest BCUT2D eigenvalue weighted by atomic mass is 35.5. The smallest absolute Gasteiger partial charge is 0.296 e. The van der Waals surface area contributed by atoms with E-state index >= 15 is 0 Å². The Hall–Kier alpha value is -2.86. The third kappa shape index (κ3) is 4.65. The highest BCUT2D eigenvalue weighted by Gasteiger charge is 2.28. The molecule has 2 heterocycles. The molecule has 4 rings (SSSR count).